The van der Waals surface area contributed by atoms with Gasteiger partial charge in [0, 0.05) is 38.5 Å². The molecule has 0 spiro atoms. The van der Waals surface area contributed by atoms with Crippen LogP contribution in [0.15, 0.2) is 69.9 Å². The van der Waals surface area contributed by atoms with Gasteiger partial charge in [-0.2, -0.15) is 0 Å². The molecule has 0 aliphatic rings. The van der Waals surface area contributed by atoms with Gasteiger partial charge in [0.1, 0.15) is 22.7 Å². The number of furan rings is 1. The Kier molecular flexibility index (Phi) is 8.04. The highest BCUT2D eigenvalue weighted by Crippen LogP contribution is 2.32. The number of benzene rings is 2. The van der Waals surface area contributed by atoms with E-state index < -0.39 is 17.3 Å². The monoisotopic (exact) mass is 570 g/mol. The minimum Gasteiger partial charge on any atom is -0.598 e. The van der Waals surface area contributed by atoms with Crippen LogP contribution in [-0.2, 0) is 35.7 Å². The number of carboxylic acid groups (broad SMARTS) is 1. The van der Waals surface area contributed by atoms with Crippen molar-refractivity contribution in [3.8, 4) is 16.9 Å². The molecule has 188 valence electrons. The third-order valence-electron chi connectivity index (χ3n) is 5.44. The van der Waals surface area contributed by atoms with E-state index in [1.165, 1.54) is 0 Å². The zero-order valence-electron chi connectivity index (χ0n) is 20.2. The van der Waals surface area contributed by atoms with Crippen molar-refractivity contribution in [3.63, 3.8) is 0 Å². The average molecular weight is 571 g/mol. The molecule has 9 heteroatoms. The van der Waals surface area contributed by atoms with Crippen LogP contribution in [-0.4, -0.2) is 25.4 Å². The summed E-state index contributed by atoms with van der Waals surface area (Å²) in [6.45, 7) is 6.37. The number of pyridine rings is 1. The van der Waals surface area contributed by atoms with Gasteiger partial charge in [-0.15, -0.1) is 4.72 Å². The second-order valence-electron chi connectivity index (χ2n) is 9.33. The highest BCUT2D eigenvalue weighted by Gasteiger charge is 2.26. The van der Waals surface area contributed by atoms with Gasteiger partial charge in [-0.05, 0) is 74.4 Å². The third kappa shape index (κ3) is 6.47. The molecule has 0 bridgehead atoms. The van der Waals surface area contributed by atoms with Crippen molar-refractivity contribution in [2.24, 2.45) is 0 Å². The standard InChI is InChI=1S/C27H27BrN2O5S/c1-27(2,3)36(33)30-15-22-12-18(6-8-29-22)23-11-17(10-20-7-9-34-26(20)23)16-35-24-14-21(28)5-4-19(24)13-25(31)32/h4-12,14,30H,13,15-16H2,1-3H3,(H,31,32). The number of hydrogen-bond donors (Lipinski definition) is 2. The number of fused-ring (bicyclic) bond motifs is 1. The van der Waals surface area contributed by atoms with E-state index in [1.807, 2.05) is 51.1 Å². The quantitative estimate of drug-likeness (QED) is 0.237. The fraction of sp³-hybridized carbons (Fsp3) is 0.259. The molecule has 36 heavy (non-hydrogen) atoms. The maximum Gasteiger partial charge on any atom is 0.307 e. The lowest BCUT2D eigenvalue weighted by Gasteiger charge is -2.23. The van der Waals surface area contributed by atoms with Crippen LogP contribution in [0, 0.1) is 0 Å². The molecular formula is C27H27BrN2O5S. The highest BCUT2D eigenvalue weighted by molar-refractivity contribution is 9.10. The average Bonchev–Trinajstić information content (AvgIpc) is 3.30. The number of hydrogen-bond acceptors (Lipinski definition) is 6. The molecule has 0 radical (unpaired) electrons. The molecule has 1 unspecified atom stereocenters. The van der Waals surface area contributed by atoms with Crippen LogP contribution in [0.3, 0.4) is 0 Å². The van der Waals surface area contributed by atoms with E-state index in [0.29, 0.717) is 17.9 Å². The van der Waals surface area contributed by atoms with E-state index in [1.54, 1.807) is 30.7 Å². The number of rotatable bonds is 9. The summed E-state index contributed by atoms with van der Waals surface area (Å²) in [7, 11) is 0. The lowest BCUT2D eigenvalue weighted by Crippen LogP contribution is -2.39. The Hall–Kier alpha value is -2.85. The zero-order valence-corrected chi connectivity index (χ0v) is 22.6. The molecule has 0 saturated carbocycles. The summed E-state index contributed by atoms with van der Waals surface area (Å²) in [5.74, 6) is -0.400. The molecule has 0 saturated heterocycles. The first-order valence-electron chi connectivity index (χ1n) is 11.3. The summed E-state index contributed by atoms with van der Waals surface area (Å²) < 4.78 is 27.7. The molecule has 2 N–H and O–H groups in total. The predicted molar refractivity (Wildman–Crippen MR) is 144 cm³/mol. The summed E-state index contributed by atoms with van der Waals surface area (Å²) in [5, 5.41) is 10.2. The fourth-order valence-corrected chi connectivity index (χ4v) is 4.73. The SMILES string of the molecule is CC(C)(C)[S+]([O-])NCc1cc(-c2cc(COc3cc(Br)ccc3CC(=O)O)cc3ccoc23)ccn1. The lowest BCUT2D eigenvalue weighted by molar-refractivity contribution is -0.136. The number of halogens is 1. The molecule has 4 aromatic rings. The van der Waals surface area contributed by atoms with Crippen LogP contribution in [0.1, 0.15) is 37.6 Å². The number of aliphatic carboxylic acids is 1. The molecule has 7 nitrogen and oxygen atoms in total. The smallest absolute Gasteiger partial charge is 0.307 e. The Morgan fingerprint density at radius 3 is 2.75 bits per heavy atom. The molecule has 2 aromatic heterocycles. The van der Waals surface area contributed by atoms with Crippen molar-refractivity contribution < 1.29 is 23.6 Å². The van der Waals surface area contributed by atoms with E-state index >= 15 is 0 Å². The molecule has 4 rings (SSSR count). The van der Waals surface area contributed by atoms with Crippen molar-refractivity contribution in [1.29, 1.82) is 0 Å². The van der Waals surface area contributed by atoms with Crippen LogP contribution >= 0.6 is 15.9 Å². The lowest BCUT2D eigenvalue weighted by atomic mass is 10.0. The largest absolute Gasteiger partial charge is 0.598 e. The number of ether oxygens (including phenoxy) is 1. The predicted octanol–water partition coefficient (Wildman–Crippen LogP) is 6.02. The first kappa shape index (κ1) is 26.2. The number of nitrogens with zero attached hydrogens (tertiary/aromatic N) is 1. The second kappa shape index (κ2) is 11.0. The first-order chi connectivity index (χ1) is 17.1. The number of aromatic nitrogens is 1. The molecule has 2 heterocycles. The van der Waals surface area contributed by atoms with Crippen LogP contribution in [0.4, 0.5) is 0 Å². The Balaban J connectivity index is 1.60. The van der Waals surface area contributed by atoms with Gasteiger partial charge in [-0.3, -0.25) is 9.78 Å². The third-order valence-corrected chi connectivity index (χ3v) is 7.46. The maximum atomic E-state index is 12.4. The highest BCUT2D eigenvalue weighted by atomic mass is 79.9. The molecular weight excluding hydrogens is 544 g/mol. The molecule has 2 aromatic carbocycles. The summed E-state index contributed by atoms with van der Waals surface area (Å²) in [4.78, 5) is 15.7. The second-order valence-corrected chi connectivity index (χ2v) is 12.3. The Labute approximate surface area is 221 Å². The van der Waals surface area contributed by atoms with Crippen LogP contribution < -0.4 is 9.46 Å². The summed E-state index contributed by atoms with van der Waals surface area (Å²) in [6.07, 6.45) is 3.25. The van der Waals surface area contributed by atoms with Gasteiger partial charge in [-0.1, -0.05) is 22.0 Å². The van der Waals surface area contributed by atoms with Crippen LogP contribution in [0.5, 0.6) is 5.75 Å². The fourth-order valence-electron chi connectivity index (χ4n) is 3.67. The Morgan fingerprint density at radius 1 is 1.19 bits per heavy atom. The van der Waals surface area contributed by atoms with Crippen LogP contribution in [0.25, 0.3) is 22.1 Å². The molecule has 0 amide bonds. The minimum absolute atomic E-state index is 0.123. The van der Waals surface area contributed by atoms with Crippen molar-refractivity contribution in [3.05, 3.63) is 82.3 Å². The molecule has 1 atom stereocenters. The van der Waals surface area contributed by atoms with E-state index in [2.05, 4.69) is 25.6 Å². The van der Waals surface area contributed by atoms with Gasteiger partial charge >= 0.3 is 5.97 Å². The number of nitrogens with one attached hydrogen (secondary N) is 1. The number of carboxylic acids is 1. The maximum absolute atomic E-state index is 12.4. The van der Waals surface area contributed by atoms with Gasteiger partial charge in [0.25, 0.3) is 0 Å². The van der Waals surface area contributed by atoms with E-state index in [9.17, 15) is 14.5 Å². The summed E-state index contributed by atoms with van der Waals surface area (Å²) >= 11 is 2.23. The van der Waals surface area contributed by atoms with Crippen LogP contribution in [0.2, 0.25) is 0 Å². The minimum atomic E-state index is -1.20. The summed E-state index contributed by atoms with van der Waals surface area (Å²) in [5.41, 5.74) is 4.82. The van der Waals surface area contributed by atoms with Crippen molar-refractivity contribution >= 4 is 44.2 Å². The first-order valence-corrected chi connectivity index (χ1v) is 13.3. The van der Waals surface area contributed by atoms with Gasteiger partial charge in [-0.25, -0.2) is 0 Å². The van der Waals surface area contributed by atoms with Gasteiger partial charge < -0.3 is 18.8 Å². The normalized spacial score (nSPS) is 12.6. The van der Waals surface area contributed by atoms with Crippen molar-refractivity contribution in [1.82, 2.24) is 9.71 Å². The Bertz CT molecular complexity index is 1380. The Morgan fingerprint density at radius 2 is 2.00 bits per heavy atom. The topological polar surface area (TPSA) is 108 Å². The van der Waals surface area contributed by atoms with Gasteiger partial charge in [0.15, 0.2) is 0 Å². The van der Waals surface area contributed by atoms with E-state index in [0.717, 1.165) is 37.8 Å². The van der Waals surface area contributed by atoms with Crippen molar-refractivity contribution in [2.75, 3.05) is 0 Å². The van der Waals surface area contributed by atoms with E-state index in [-0.39, 0.29) is 17.8 Å². The molecule has 0 fully saturated rings. The van der Waals surface area contributed by atoms with Gasteiger partial charge in [0.2, 0.25) is 0 Å². The van der Waals surface area contributed by atoms with Gasteiger partial charge in [0.05, 0.1) is 24.9 Å². The molecule has 0 aliphatic heterocycles. The van der Waals surface area contributed by atoms with Crippen molar-refractivity contribution in [2.45, 2.75) is 45.1 Å². The molecule has 0 aliphatic carbocycles. The zero-order chi connectivity index (χ0) is 25.9. The summed E-state index contributed by atoms with van der Waals surface area (Å²) in [6, 6.07) is 15.1. The van der Waals surface area contributed by atoms with E-state index in [4.69, 9.17) is 9.15 Å². The number of carbonyl (C=O) groups is 1.